The lowest BCUT2D eigenvalue weighted by molar-refractivity contribution is -0.0965. The van der Waals surface area contributed by atoms with E-state index in [0.717, 1.165) is 0 Å². The van der Waals surface area contributed by atoms with Gasteiger partial charge in [-0.1, -0.05) is 13.0 Å². The Balaban J connectivity index is 2.57. The molecule has 0 bridgehead atoms. The van der Waals surface area contributed by atoms with Crippen LogP contribution in [-0.2, 0) is 0 Å². The molecule has 0 radical (unpaired) electrons. The summed E-state index contributed by atoms with van der Waals surface area (Å²) >= 11 is 0. The van der Waals surface area contributed by atoms with Gasteiger partial charge in [-0.05, 0) is 25.8 Å². The lowest BCUT2D eigenvalue weighted by atomic mass is 9.99. The first-order chi connectivity index (χ1) is 7.36. The van der Waals surface area contributed by atoms with E-state index in [-0.39, 0.29) is 12.5 Å². The Morgan fingerprint density at radius 2 is 2.06 bits per heavy atom. The fourth-order valence-corrected chi connectivity index (χ4v) is 1.87. The average Bonchev–Trinajstić information content (AvgIpc) is 2.26. The summed E-state index contributed by atoms with van der Waals surface area (Å²) in [7, 11) is 0. The quantitative estimate of drug-likeness (QED) is 0.761. The molecular formula is C11H19F3N2. The highest BCUT2D eigenvalue weighted by Gasteiger charge is 2.35. The van der Waals surface area contributed by atoms with Gasteiger partial charge in [-0.15, -0.1) is 0 Å². The minimum atomic E-state index is -4.16. The second-order valence-corrected chi connectivity index (χ2v) is 4.43. The van der Waals surface area contributed by atoms with Crippen LogP contribution in [-0.4, -0.2) is 36.8 Å². The summed E-state index contributed by atoms with van der Waals surface area (Å²) in [5.74, 6) is 0.306. The van der Waals surface area contributed by atoms with Crippen LogP contribution in [0.25, 0.3) is 0 Å². The smallest absolute Gasteiger partial charge is 0.330 e. The Morgan fingerprint density at radius 3 is 2.44 bits per heavy atom. The van der Waals surface area contributed by atoms with E-state index in [4.69, 9.17) is 5.73 Å². The molecule has 0 fully saturated rings. The monoisotopic (exact) mass is 236 g/mol. The van der Waals surface area contributed by atoms with E-state index >= 15 is 0 Å². The van der Waals surface area contributed by atoms with Crippen LogP contribution in [0.1, 0.15) is 20.3 Å². The van der Waals surface area contributed by atoms with Crippen molar-refractivity contribution in [2.24, 2.45) is 11.7 Å². The summed E-state index contributed by atoms with van der Waals surface area (Å²) in [5.41, 5.74) is 5.16. The highest BCUT2D eigenvalue weighted by molar-refractivity contribution is 5.13. The maximum Gasteiger partial charge on any atom is 0.412 e. The van der Waals surface area contributed by atoms with Crippen LogP contribution in [0.15, 0.2) is 11.6 Å². The van der Waals surface area contributed by atoms with Crippen LogP contribution >= 0.6 is 0 Å². The maximum atomic E-state index is 12.4. The summed E-state index contributed by atoms with van der Waals surface area (Å²) in [5, 5.41) is 0. The largest absolute Gasteiger partial charge is 0.412 e. The number of alkyl halides is 3. The first kappa shape index (κ1) is 13.5. The Labute approximate surface area is 94.3 Å². The van der Waals surface area contributed by atoms with Crippen LogP contribution in [0.4, 0.5) is 13.2 Å². The van der Waals surface area contributed by atoms with Gasteiger partial charge in [0.25, 0.3) is 0 Å². The van der Waals surface area contributed by atoms with Gasteiger partial charge in [-0.2, -0.15) is 13.2 Å². The maximum absolute atomic E-state index is 12.4. The van der Waals surface area contributed by atoms with E-state index < -0.39 is 11.7 Å². The van der Waals surface area contributed by atoms with E-state index in [0.29, 0.717) is 25.6 Å². The summed E-state index contributed by atoms with van der Waals surface area (Å²) in [6.45, 7) is 5.45. The average molecular weight is 236 g/mol. The van der Waals surface area contributed by atoms with E-state index in [2.05, 4.69) is 0 Å². The molecule has 1 aliphatic heterocycles. The molecule has 2 N–H and O–H groups in total. The summed E-state index contributed by atoms with van der Waals surface area (Å²) in [6, 6.07) is 0.232. The fraction of sp³-hybridized carbons (Fsp3) is 0.818. The SMILES string of the molecule is CC(CN)C(C)N1CC=C(C(F)(F)F)CC1. The minimum Gasteiger partial charge on any atom is -0.330 e. The van der Waals surface area contributed by atoms with Crippen molar-refractivity contribution in [3.8, 4) is 0 Å². The molecule has 0 aromatic rings. The zero-order valence-corrected chi connectivity index (χ0v) is 9.72. The molecule has 2 atom stereocenters. The number of nitrogens with two attached hydrogens (primary N) is 1. The van der Waals surface area contributed by atoms with E-state index in [9.17, 15) is 13.2 Å². The third kappa shape index (κ3) is 3.22. The molecule has 0 aliphatic carbocycles. The van der Waals surface area contributed by atoms with Gasteiger partial charge in [0.2, 0.25) is 0 Å². The topological polar surface area (TPSA) is 29.3 Å². The van der Waals surface area contributed by atoms with Crippen molar-refractivity contribution in [2.45, 2.75) is 32.5 Å². The van der Waals surface area contributed by atoms with Crippen LogP contribution in [0, 0.1) is 5.92 Å². The standard InChI is InChI=1S/C11H19F3N2/c1-8(7-15)9(2)16-5-3-10(4-6-16)11(12,13)14/h3,8-9H,4-7,15H2,1-2H3. The molecule has 94 valence electrons. The van der Waals surface area contributed by atoms with Crippen molar-refractivity contribution in [2.75, 3.05) is 19.6 Å². The first-order valence-corrected chi connectivity index (χ1v) is 5.56. The predicted molar refractivity (Wildman–Crippen MR) is 58.0 cm³/mol. The van der Waals surface area contributed by atoms with Gasteiger partial charge >= 0.3 is 6.18 Å². The minimum absolute atomic E-state index is 0.0884. The fourth-order valence-electron chi connectivity index (χ4n) is 1.87. The van der Waals surface area contributed by atoms with Gasteiger partial charge < -0.3 is 5.73 Å². The molecular weight excluding hydrogens is 217 g/mol. The van der Waals surface area contributed by atoms with Crippen molar-refractivity contribution in [1.82, 2.24) is 4.90 Å². The van der Waals surface area contributed by atoms with Crippen molar-refractivity contribution in [1.29, 1.82) is 0 Å². The van der Waals surface area contributed by atoms with Crippen LogP contribution in [0.5, 0.6) is 0 Å². The molecule has 0 saturated heterocycles. The van der Waals surface area contributed by atoms with E-state index in [1.807, 2.05) is 18.7 Å². The Bertz CT molecular complexity index is 260. The molecule has 0 amide bonds. The zero-order chi connectivity index (χ0) is 12.3. The second kappa shape index (κ2) is 5.19. The van der Waals surface area contributed by atoms with Crippen molar-refractivity contribution in [3.63, 3.8) is 0 Å². The Morgan fingerprint density at radius 1 is 1.44 bits per heavy atom. The highest BCUT2D eigenvalue weighted by atomic mass is 19.4. The first-order valence-electron chi connectivity index (χ1n) is 5.56. The molecule has 16 heavy (non-hydrogen) atoms. The number of hydrogen-bond donors (Lipinski definition) is 1. The van der Waals surface area contributed by atoms with Crippen LogP contribution in [0.2, 0.25) is 0 Å². The van der Waals surface area contributed by atoms with Crippen LogP contribution < -0.4 is 5.73 Å². The summed E-state index contributed by atoms with van der Waals surface area (Å²) in [4.78, 5) is 2.05. The molecule has 0 spiro atoms. The molecule has 1 rings (SSSR count). The molecule has 5 heteroatoms. The zero-order valence-electron chi connectivity index (χ0n) is 9.72. The third-order valence-corrected chi connectivity index (χ3v) is 3.38. The molecule has 2 unspecified atom stereocenters. The number of nitrogens with zero attached hydrogens (tertiary/aromatic N) is 1. The number of halogens is 3. The van der Waals surface area contributed by atoms with Gasteiger partial charge in [-0.25, -0.2) is 0 Å². The molecule has 2 nitrogen and oxygen atoms in total. The summed E-state index contributed by atoms with van der Waals surface area (Å²) < 4.78 is 37.2. The number of hydrogen-bond acceptors (Lipinski definition) is 2. The van der Waals surface area contributed by atoms with Gasteiger partial charge in [0, 0.05) is 24.7 Å². The van der Waals surface area contributed by atoms with Crippen LogP contribution in [0.3, 0.4) is 0 Å². The van der Waals surface area contributed by atoms with Gasteiger partial charge in [0.1, 0.15) is 0 Å². The van der Waals surface area contributed by atoms with Crippen molar-refractivity contribution < 1.29 is 13.2 Å². The molecule has 1 heterocycles. The van der Waals surface area contributed by atoms with E-state index in [1.165, 1.54) is 6.08 Å². The van der Waals surface area contributed by atoms with Gasteiger partial charge in [-0.3, -0.25) is 4.90 Å². The summed E-state index contributed by atoms with van der Waals surface area (Å²) in [6.07, 6.45) is -2.77. The van der Waals surface area contributed by atoms with Crippen molar-refractivity contribution in [3.05, 3.63) is 11.6 Å². The molecule has 1 aliphatic rings. The predicted octanol–water partition coefficient (Wildman–Crippen LogP) is 2.16. The second-order valence-electron chi connectivity index (χ2n) is 4.43. The molecule has 0 saturated carbocycles. The third-order valence-electron chi connectivity index (χ3n) is 3.38. The van der Waals surface area contributed by atoms with E-state index in [1.54, 1.807) is 0 Å². The Kier molecular flexibility index (Phi) is 4.38. The number of rotatable bonds is 3. The lowest BCUT2D eigenvalue weighted by Crippen LogP contribution is -2.43. The van der Waals surface area contributed by atoms with Gasteiger partial charge in [0.15, 0.2) is 0 Å². The van der Waals surface area contributed by atoms with Gasteiger partial charge in [0.05, 0.1) is 0 Å². The molecule has 0 aromatic carbocycles. The molecule has 0 aromatic heterocycles. The lowest BCUT2D eigenvalue weighted by Gasteiger charge is -2.35. The normalized spacial score (nSPS) is 22.8. The van der Waals surface area contributed by atoms with Crippen molar-refractivity contribution >= 4 is 0 Å². The highest BCUT2D eigenvalue weighted by Crippen LogP contribution is 2.30. The Hall–Kier alpha value is -0.550.